The summed E-state index contributed by atoms with van der Waals surface area (Å²) in [4.78, 5) is 12.0. The van der Waals surface area contributed by atoms with Crippen molar-refractivity contribution in [1.82, 2.24) is 20.2 Å². The van der Waals surface area contributed by atoms with E-state index in [0.29, 0.717) is 5.16 Å². The molecule has 0 fully saturated rings. The summed E-state index contributed by atoms with van der Waals surface area (Å²) >= 11 is 1.31. The molecule has 0 saturated heterocycles. The number of carbonyl (C=O) groups excluding carboxylic acids is 1. The van der Waals surface area contributed by atoms with Crippen LogP contribution in [0.4, 0.5) is 0 Å². The minimum atomic E-state index is -0.214. The Labute approximate surface area is 161 Å². The van der Waals surface area contributed by atoms with Crippen molar-refractivity contribution >= 4 is 23.9 Å². The minimum Gasteiger partial charge on any atom is -0.497 e. The minimum absolute atomic E-state index is 0.195. The van der Waals surface area contributed by atoms with Gasteiger partial charge in [0.2, 0.25) is 0 Å². The number of nitrogens with one attached hydrogen (secondary N) is 1. The second kappa shape index (κ2) is 9.00. The topological polar surface area (TPSA) is 81.4 Å². The summed E-state index contributed by atoms with van der Waals surface area (Å²) in [5, 5.41) is 13.0. The number of hydrazone groups is 1. The fraction of sp³-hybridized carbons (Fsp3) is 0.158. The van der Waals surface area contributed by atoms with E-state index in [9.17, 15) is 4.79 Å². The van der Waals surface area contributed by atoms with E-state index in [1.807, 2.05) is 66.2 Å². The lowest BCUT2D eigenvalue weighted by Crippen LogP contribution is -2.19. The van der Waals surface area contributed by atoms with Crippen molar-refractivity contribution in [1.29, 1.82) is 0 Å². The van der Waals surface area contributed by atoms with Gasteiger partial charge in [0.05, 0.1) is 19.1 Å². The molecule has 1 N–H and O–H groups in total. The van der Waals surface area contributed by atoms with Crippen molar-refractivity contribution in [3.8, 4) is 17.1 Å². The normalized spacial score (nSPS) is 10.9. The van der Waals surface area contributed by atoms with Crippen LogP contribution in [0.2, 0.25) is 0 Å². The quantitative estimate of drug-likeness (QED) is 0.387. The Morgan fingerprint density at radius 1 is 1.19 bits per heavy atom. The molecular formula is C19H19N5O2S. The Morgan fingerprint density at radius 2 is 1.93 bits per heavy atom. The van der Waals surface area contributed by atoms with E-state index in [2.05, 4.69) is 20.7 Å². The number of amides is 1. The average molecular weight is 381 g/mol. The molecule has 1 amide bonds. The molecule has 1 aromatic heterocycles. The van der Waals surface area contributed by atoms with Crippen LogP contribution in [0.15, 0.2) is 64.9 Å². The summed E-state index contributed by atoms with van der Waals surface area (Å²) in [6.07, 6.45) is 1.58. The first-order valence-electron chi connectivity index (χ1n) is 8.21. The van der Waals surface area contributed by atoms with E-state index in [-0.39, 0.29) is 11.7 Å². The van der Waals surface area contributed by atoms with Gasteiger partial charge in [0.1, 0.15) is 5.75 Å². The number of hydrogen-bond acceptors (Lipinski definition) is 6. The van der Waals surface area contributed by atoms with Crippen LogP contribution in [-0.4, -0.2) is 39.7 Å². The molecule has 8 heteroatoms. The number of ether oxygens (including phenoxy) is 1. The van der Waals surface area contributed by atoms with Gasteiger partial charge in [-0.2, -0.15) is 5.10 Å². The third-order valence-corrected chi connectivity index (χ3v) is 4.74. The molecule has 0 aliphatic carbocycles. The molecule has 0 saturated carbocycles. The molecule has 1 heterocycles. The monoisotopic (exact) mass is 381 g/mol. The lowest BCUT2D eigenvalue weighted by Gasteiger charge is -2.03. The van der Waals surface area contributed by atoms with Crippen molar-refractivity contribution in [3.63, 3.8) is 0 Å². The highest BCUT2D eigenvalue weighted by Gasteiger charge is 2.12. The average Bonchev–Trinajstić information content (AvgIpc) is 3.08. The summed E-state index contributed by atoms with van der Waals surface area (Å²) in [6.45, 7) is 0. The van der Waals surface area contributed by atoms with Gasteiger partial charge in [-0.05, 0) is 29.8 Å². The standard InChI is InChI=1S/C19H19N5O2S/c1-24-18(15-6-4-3-5-7-15)22-23-19(24)27-13-17(25)21-20-12-14-8-10-16(26-2)11-9-14/h3-12H,13H2,1-2H3,(H,21,25)/b20-12+. The lowest BCUT2D eigenvalue weighted by molar-refractivity contribution is -0.118. The zero-order chi connectivity index (χ0) is 19.1. The van der Waals surface area contributed by atoms with E-state index in [0.717, 1.165) is 22.7 Å². The highest BCUT2D eigenvalue weighted by atomic mass is 32.2. The maximum atomic E-state index is 12.0. The molecule has 0 radical (unpaired) electrons. The van der Waals surface area contributed by atoms with Crippen LogP contribution in [0.1, 0.15) is 5.56 Å². The van der Waals surface area contributed by atoms with Gasteiger partial charge in [0.25, 0.3) is 5.91 Å². The summed E-state index contributed by atoms with van der Waals surface area (Å²) in [5.74, 6) is 1.51. The van der Waals surface area contributed by atoms with Crippen LogP contribution >= 0.6 is 11.8 Å². The van der Waals surface area contributed by atoms with Crippen LogP contribution in [0, 0.1) is 0 Å². The summed E-state index contributed by atoms with van der Waals surface area (Å²) in [6, 6.07) is 17.2. The first-order chi connectivity index (χ1) is 13.2. The maximum absolute atomic E-state index is 12.0. The van der Waals surface area contributed by atoms with E-state index >= 15 is 0 Å². The van der Waals surface area contributed by atoms with Crippen molar-refractivity contribution < 1.29 is 9.53 Å². The van der Waals surface area contributed by atoms with Gasteiger partial charge in [-0.3, -0.25) is 4.79 Å². The Balaban J connectivity index is 1.52. The maximum Gasteiger partial charge on any atom is 0.250 e. The van der Waals surface area contributed by atoms with Crippen LogP contribution in [0.3, 0.4) is 0 Å². The second-order valence-electron chi connectivity index (χ2n) is 5.59. The van der Waals surface area contributed by atoms with Crippen LogP contribution in [-0.2, 0) is 11.8 Å². The van der Waals surface area contributed by atoms with E-state index in [4.69, 9.17) is 4.74 Å². The third kappa shape index (κ3) is 4.95. The lowest BCUT2D eigenvalue weighted by atomic mass is 10.2. The van der Waals surface area contributed by atoms with Gasteiger partial charge in [-0.1, -0.05) is 42.1 Å². The van der Waals surface area contributed by atoms with Crippen LogP contribution < -0.4 is 10.2 Å². The Bertz CT molecular complexity index is 923. The van der Waals surface area contributed by atoms with Crippen molar-refractivity contribution in [2.45, 2.75) is 5.16 Å². The van der Waals surface area contributed by atoms with Gasteiger partial charge < -0.3 is 9.30 Å². The largest absolute Gasteiger partial charge is 0.497 e. The molecule has 2 aromatic carbocycles. The molecule has 7 nitrogen and oxygen atoms in total. The molecule has 0 aliphatic heterocycles. The highest BCUT2D eigenvalue weighted by Crippen LogP contribution is 2.22. The molecule has 27 heavy (non-hydrogen) atoms. The number of hydrogen-bond donors (Lipinski definition) is 1. The van der Waals surface area contributed by atoms with Gasteiger partial charge >= 0.3 is 0 Å². The summed E-state index contributed by atoms with van der Waals surface area (Å²) < 4.78 is 6.96. The number of rotatable bonds is 7. The highest BCUT2D eigenvalue weighted by molar-refractivity contribution is 7.99. The van der Waals surface area contributed by atoms with Crippen molar-refractivity contribution in [3.05, 3.63) is 60.2 Å². The van der Waals surface area contributed by atoms with E-state index < -0.39 is 0 Å². The number of thioether (sulfide) groups is 1. The number of nitrogens with zero attached hydrogens (tertiary/aromatic N) is 4. The number of benzene rings is 2. The predicted molar refractivity (Wildman–Crippen MR) is 106 cm³/mol. The summed E-state index contributed by atoms with van der Waals surface area (Å²) in [5.41, 5.74) is 4.35. The second-order valence-corrected chi connectivity index (χ2v) is 6.53. The Morgan fingerprint density at radius 3 is 2.63 bits per heavy atom. The van der Waals surface area contributed by atoms with Gasteiger partial charge in [0, 0.05) is 12.6 Å². The first kappa shape index (κ1) is 18.7. The fourth-order valence-corrected chi connectivity index (χ4v) is 3.01. The summed E-state index contributed by atoms with van der Waals surface area (Å²) in [7, 11) is 3.49. The Kier molecular flexibility index (Phi) is 6.22. The molecule has 3 aromatic rings. The van der Waals surface area contributed by atoms with Gasteiger partial charge in [0.15, 0.2) is 11.0 Å². The van der Waals surface area contributed by atoms with Crippen molar-refractivity contribution in [2.24, 2.45) is 12.1 Å². The van der Waals surface area contributed by atoms with Crippen LogP contribution in [0.5, 0.6) is 5.75 Å². The van der Waals surface area contributed by atoms with Crippen LogP contribution in [0.25, 0.3) is 11.4 Å². The predicted octanol–water partition coefficient (Wildman–Crippen LogP) is 2.73. The fourth-order valence-electron chi connectivity index (χ4n) is 2.31. The van der Waals surface area contributed by atoms with E-state index in [1.54, 1.807) is 13.3 Å². The third-order valence-electron chi connectivity index (χ3n) is 3.72. The number of aromatic nitrogens is 3. The molecule has 0 bridgehead atoms. The zero-order valence-electron chi connectivity index (χ0n) is 15.0. The molecule has 3 rings (SSSR count). The Hall–Kier alpha value is -3.13. The molecular weight excluding hydrogens is 362 g/mol. The molecule has 0 spiro atoms. The van der Waals surface area contributed by atoms with Gasteiger partial charge in [-0.25, -0.2) is 5.43 Å². The molecule has 138 valence electrons. The first-order valence-corrected chi connectivity index (χ1v) is 9.19. The van der Waals surface area contributed by atoms with Crippen molar-refractivity contribution in [2.75, 3.05) is 12.9 Å². The SMILES string of the molecule is COc1ccc(/C=N/NC(=O)CSc2nnc(-c3ccccc3)n2C)cc1. The number of carbonyl (C=O) groups is 1. The molecule has 0 unspecified atom stereocenters. The number of methoxy groups -OCH3 is 1. The molecule has 0 atom stereocenters. The van der Waals surface area contributed by atoms with E-state index in [1.165, 1.54) is 11.8 Å². The molecule has 0 aliphatic rings. The zero-order valence-corrected chi connectivity index (χ0v) is 15.8. The van der Waals surface area contributed by atoms with Gasteiger partial charge in [-0.15, -0.1) is 10.2 Å². The smallest absolute Gasteiger partial charge is 0.250 e.